The van der Waals surface area contributed by atoms with E-state index < -0.39 is 10.7 Å². The molecule has 9 heteroatoms. The number of benzene rings is 2. The Morgan fingerprint density at radius 2 is 1.85 bits per heavy atom. The molecule has 1 heterocycles. The average Bonchev–Trinajstić information content (AvgIpc) is 2.65. The van der Waals surface area contributed by atoms with Gasteiger partial charge in [-0.2, -0.15) is 0 Å². The van der Waals surface area contributed by atoms with Gasteiger partial charge in [-0.3, -0.25) is 10.1 Å². The highest BCUT2D eigenvalue weighted by Crippen LogP contribution is 2.33. The van der Waals surface area contributed by atoms with Gasteiger partial charge in [0.15, 0.2) is 0 Å². The molecule has 3 aromatic rings. The van der Waals surface area contributed by atoms with Crippen molar-refractivity contribution in [3.63, 3.8) is 0 Å². The molecular weight excluding hydrogens is 373 g/mol. The van der Waals surface area contributed by atoms with Crippen LogP contribution in [0.5, 0.6) is 0 Å². The number of aromatic nitrogens is 2. The van der Waals surface area contributed by atoms with E-state index in [4.69, 9.17) is 11.6 Å². The fourth-order valence-corrected chi connectivity index (χ4v) is 2.67. The molecule has 0 aliphatic carbocycles. The van der Waals surface area contributed by atoms with Crippen LogP contribution in [0.1, 0.15) is 18.5 Å². The van der Waals surface area contributed by atoms with Crippen molar-refractivity contribution in [1.29, 1.82) is 0 Å². The number of nitro groups is 1. The van der Waals surface area contributed by atoms with Crippen LogP contribution in [0.25, 0.3) is 0 Å². The maximum atomic E-state index is 13.3. The molecule has 0 aliphatic heterocycles. The van der Waals surface area contributed by atoms with Gasteiger partial charge in [0.1, 0.15) is 12.1 Å². The lowest BCUT2D eigenvalue weighted by molar-refractivity contribution is -0.383. The van der Waals surface area contributed by atoms with Crippen molar-refractivity contribution in [1.82, 2.24) is 9.97 Å². The molecule has 138 valence electrons. The Kier molecular flexibility index (Phi) is 5.46. The van der Waals surface area contributed by atoms with E-state index in [1.807, 2.05) is 37.3 Å². The van der Waals surface area contributed by atoms with Gasteiger partial charge in [0.05, 0.1) is 16.0 Å². The third-order valence-electron chi connectivity index (χ3n) is 3.84. The lowest BCUT2D eigenvalue weighted by Crippen LogP contribution is -2.11. The zero-order valence-electron chi connectivity index (χ0n) is 14.2. The zero-order chi connectivity index (χ0) is 19.4. The Morgan fingerprint density at radius 3 is 2.52 bits per heavy atom. The van der Waals surface area contributed by atoms with Crippen LogP contribution in [0.4, 0.5) is 27.4 Å². The van der Waals surface area contributed by atoms with Crippen molar-refractivity contribution >= 4 is 34.6 Å². The number of halogens is 2. The van der Waals surface area contributed by atoms with Gasteiger partial charge in [0.25, 0.3) is 0 Å². The first-order valence-corrected chi connectivity index (χ1v) is 8.36. The summed E-state index contributed by atoms with van der Waals surface area (Å²) in [6, 6.07) is 13.1. The Bertz CT molecular complexity index is 971. The largest absolute Gasteiger partial charge is 0.358 e. The van der Waals surface area contributed by atoms with Gasteiger partial charge in [-0.15, -0.1) is 0 Å². The first kappa shape index (κ1) is 18.5. The van der Waals surface area contributed by atoms with Crippen LogP contribution in [-0.4, -0.2) is 14.9 Å². The molecule has 0 aliphatic rings. The summed E-state index contributed by atoms with van der Waals surface area (Å²) in [5, 5.41) is 17.4. The summed E-state index contributed by atoms with van der Waals surface area (Å²) in [6.45, 7) is 1.87. The molecule has 2 N–H and O–H groups in total. The van der Waals surface area contributed by atoms with Crippen LogP contribution < -0.4 is 10.6 Å². The van der Waals surface area contributed by atoms with E-state index in [9.17, 15) is 14.5 Å². The molecule has 1 atom stereocenters. The SMILES string of the molecule is CC(Nc1ncnc(Nc2ccc(F)c(Cl)c2)c1[N+](=O)[O-])c1ccccc1. The fraction of sp³-hybridized carbons (Fsp3) is 0.111. The summed E-state index contributed by atoms with van der Waals surface area (Å²) < 4.78 is 13.3. The molecule has 0 radical (unpaired) electrons. The van der Waals surface area contributed by atoms with Crippen LogP contribution in [0.3, 0.4) is 0 Å². The minimum atomic E-state index is -0.585. The van der Waals surface area contributed by atoms with E-state index in [0.717, 1.165) is 11.6 Å². The van der Waals surface area contributed by atoms with Crippen LogP contribution in [0.2, 0.25) is 5.02 Å². The maximum Gasteiger partial charge on any atom is 0.353 e. The number of nitrogens with zero attached hydrogens (tertiary/aromatic N) is 3. The normalized spacial score (nSPS) is 11.7. The van der Waals surface area contributed by atoms with Crippen molar-refractivity contribution in [3.05, 3.63) is 81.4 Å². The molecule has 1 aromatic heterocycles. The quantitative estimate of drug-likeness (QED) is 0.451. The van der Waals surface area contributed by atoms with Gasteiger partial charge < -0.3 is 10.6 Å². The molecule has 27 heavy (non-hydrogen) atoms. The second-order valence-corrected chi connectivity index (χ2v) is 6.11. The zero-order valence-corrected chi connectivity index (χ0v) is 14.9. The van der Waals surface area contributed by atoms with E-state index in [2.05, 4.69) is 20.6 Å². The Morgan fingerprint density at radius 1 is 1.15 bits per heavy atom. The van der Waals surface area contributed by atoms with Crippen molar-refractivity contribution in [2.45, 2.75) is 13.0 Å². The van der Waals surface area contributed by atoms with Crippen LogP contribution in [-0.2, 0) is 0 Å². The maximum absolute atomic E-state index is 13.3. The molecule has 1 unspecified atom stereocenters. The molecule has 0 bridgehead atoms. The summed E-state index contributed by atoms with van der Waals surface area (Å²) in [5.74, 6) is -0.541. The second kappa shape index (κ2) is 7.96. The fourth-order valence-electron chi connectivity index (χ4n) is 2.49. The molecule has 0 fully saturated rings. The van der Waals surface area contributed by atoms with Gasteiger partial charge in [0.2, 0.25) is 11.6 Å². The molecule has 0 spiro atoms. The lowest BCUT2D eigenvalue weighted by Gasteiger charge is -2.16. The van der Waals surface area contributed by atoms with E-state index in [0.29, 0.717) is 5.69 Å². The van der Waals surface area contributed by atoms with Crippen LogP contribution in [0.15, 0.2) is 54.9 Å². The van der Waals surface area contributed by atoms with Gasteiger partial charge in [-0.25, -0.2) is 14.4 Å². The molecule has 0 saturated heterocycles. The number of hydrogen-bond acceptors (Lipinski definition) is 6. The monoisotopic (exact) mass is 387 g/mol. The van der Waals surface area contributed by atoms with Gasteiger partial charge in [-0.05, 0) is 30.7 Å². The lowest BCUT2D eigenvalue weighted by atomic mass is 10.1. The van der Waals surface area contributed by atoms with Crippen molar-refractivity contribution in [3.8, 4) is 0 Å². The van der Waals surface area contributed by atoms with Gasteiger partial charge in [0, 0.05) is 5.69 Å². The van der Waals surface area contributed by atoms with Crippen molar-refractivity contribution < 1.29 is 9.31 Å². The van der Waals surface area contributed by atoms with Gasteiger partial charge >= 0.3 is 5.69 Å². The number of nitrogens with one attached hydrogen (secondary N) is 2. The van der Waals surface area contributed by atoms with E-state index in [1.165, 1.54) is 18.5 Å². The molecule has 3 rings (SSSR count). The Labute approximate surface area is 159 Å². The minimum Gasteiger partial charge on any atom is -0.358 e. The topological polar surface area (TPSA) is 93.0 Å². The summed E-state index contributed by atoms with van der Waals surface area (Å²) >= 11 is 5.76. The highest BCUT2D eigenvalue weighted by atomic mass is 35.5. The second-order valence-electron chi connectivity index (χ2n) is 5.71. The molecule has 0 amide bonds. The van der Waals surface area contributed by atoms with E-state index in [1.54, 1.807) is 0 Å². The van der Waals surface area contributed by atoms with Crippen LogP contribution in [0, 0.1) is 15.9 Å². The first-order chi connectivity index (χ1) is 13.0. The number of anilines is 3. The Hall–Kier alpha value is -3.26. The smallest absolute Gasteiger partial charge is 0.353 e. The number of rotatable bonds is 6. The van der Waals surface area contributed by atoms with Crippen molar-refractivity contribution in [2.75, 3.05) is 10.6 Å². The first-order valence-electron chi connectivity index (χ1n) is 7.98. The molecular formula is C18H15ClFN5O2. The molecule has 0 saturated carbocycles. The molecule has 2 aromatic carbocycles. The standard InChI is InChI=1S/C18H15ClFN5O2/c1-11(12-5-3-2-4-6-12)23-17-16(25(26)27)18(22-10-21-17)24-13-7-8-15(20)14(19)9-13/h2-11H,1H3,(H2,21,22,23,24). The summed E-state index contributed by atoms with van der Waals surface area (Å²) in [4.78, 5) is 19.0. The Balaban J connectivity index is 1.92. The summed E-state index contributed by atoms with van der Waals surface area (Å²) in [7, 11) is 0. The van der Waals surface area contributed by atoms with Gasteiger partial charge in [-0.1, -0.05) is 41.9 Å². The highest BCUT2D eigenvalue weighted by Gasteiger charge is 2.24. The van der Waals surface area contributed by atoms with E-state index >= 15 is 0 Å². The van der Waals surface area contributed by atoms with Crippen molar-refractivity contribution in [2.24, 2.45) is 0 Å². The highest BCUT2D eigenvalue weighted by molar-refractivity contribution is 6.31. The minimum absolute atomic E-state index is 0.0274. The predicted octanol–water partition coefficient (Wildman–Crippen LogP) is 5.09. The van der Waals surface area contributed by atoms with E-state index in [-0.39, 0.29) is 28.4 Å². The summed E-state index contributed by atoms with van der Waals surface area (Å²) in [5.41, 5.74) is 0.997. The average molecular weight is 388 g/mol. The molecule has 7 nitrogen and oxygen atoms in total. The van der Waals surface area contributed by atoms with Crippen LogP contribution >= 0.6 is 11.6 Å². The number of hydrogen-bond donors (Lipinski definition) is 2. The predicted molar refractivity (Wildman–Crippen MR) is 102 cm³/mol. The third-order valence-corrected chi connectivity index (χ3v) is 4.13. The third kappa shape index (κ3) is 4.29. The summed E-state index contributed by atoms with van der Waals surface area (Å²) in [6.07, 6.45) is 1.21.